The van der Waals surface area contributed by atoms with Crippen LogP contribution in [0.2, 0.25) is 0 Å². The minimum Gasteiger partial charge on any atom is -0.481 e. The van der Waals surface area contributed by atoms with Gasteiger partial charge in [-0.1, -0.05) is 23.1 Å². The van der Waals surface area contributed by atoms with Crippen molar-refractivity contribution in [1.82, 2.24) is 14.9 Å². The van der Waals surface area contributed by atoms with E-state index >= 15 is 0 Å². The minimum absolute atomic E-state index is 0.0239. The predicted molar refractivity (Wildman–Crippen MR) is 71.0 cm³/mol. The monoisotopic (exact) mass is 342 g/mol. The number of nitrogens with one attached hydrogen (secondary N) is 2. The van der Waals surface area contributed by atoms with E-state index in [2.05, 4.69) is 14.9 Å². The first-order chi connectivity index (χ1) is 9.32. The summed E-state index contributed by atoms with van der Waals surface area (Å²) in [5.74, 6) is -1.25. The number of thioether (sulfide) groups is 1. The summed E-state index contributed by atoms with van der Waals surface area (Å²) in [5.41, 5.74) is 0. The van der Waals surface area contributed by atoms with Crippen molar-refractivity contribution >= 4 is 50.5 Å². The van der Waals surface area contributed by atoms with Gasteiger partial charge in [0.2, 0.25) is 5.13 Å². The molecule has 1 aromatic heterocycles. The van der Waals surface area contributed by atoms with Crippen LogP contribution in [-0.4, -0.2) is 48.1 Å². The summed E-state index contributed by atoms with van der Waals surface area (Å²) in [6.07, 6.45) is -1.12. The number of rotatable bonds is 7. The molecule has 13 heteroatoms. The summed E-state index contributed by atoms with van der Waals surface area (Å²) >= 11 is 1.73. The lowest BCUT2D eigenvalue weighted by molar-refractivity contribution is -0.133. The van der Waals surface area contributed by atoms with Crippen LogP contribution in [0, 0.1) is 0 Å². The molecule has 0 aliphatic rings. The zero-order valence-electron chi connectivity index (χ0n) is 10.0. The average molecular weight is 342 g/mol. The molecular weight excluding hydrogens is 332 g/mol. The molecule has 0 radical (unpaired) electrons. The molecule has 0 spiro atoms. The lowest BCUT2D eigenvalue weighted by atomic mass is 10.8. The van der Waals surface area contributed by atoms with Crippen LogP contribution in [0.1, 0.15) is 6.92 Å². The number of aliphatic carboxylic acids is 1. The second-order valence-corrected chi connectivity index (χ2v) is 6.60. The summed E-state index contributed by atoms with van der Waals surface area (Å²) in [5, 5.41) is 15.5. The summed E-state index contributed by atoms with van der Waals surface area (Å²) in [6.45, 7) is 1.55. The fourth-order valence-corrected chi connectivity index (χ4v) is 3.26. The highest BCUT2D eigenvalue weighted by molar-refractivity contribution is 8.01. The molecule has 1 amide bonds. The molecular formula is C7H10N4O6S3. The number of carboxylic acid groups (broad SMARTS) is 1. The van der Waals surface area contributed by atoms with E-state index in [0.29, 0.717) is 0 Å². The van der Waals surface area contributed by atoms with E-state index in [4.69, 9.17) is 5.11 Å². The van der Waals surface area contributed by atoms with Gasteiger partial charge in [-0.3, -0.25) is 4.79 Å². The first-order valence-corrected chi connectivity index (χ1v) is 8.26. The SMILES string of the molecule is CCOC(=O)NS(=O)(=O)Nc1nnc(SCC(=O)O)s1. The van der Waals surface area contributed by atoms with Gasteiger partial charge in [0.15, 0.2) is 4.34 Å². The lowest BCUT2D eigenvalue weighted by Gasteiger charge is -2.05. The van der Waals surface area contributed by atoms with Crippen LogP contribution >= 0.6 is 23.1 Å². The van der Waals surface area contributed by atoms with Gasteiger partial charge in [-0.05, 0) is 6.92 Å². The molecule has 20 heavy (non-hydrogen) atoms. The molecule has 1 heterocycles. The first kappa shape index (κ1) is 16.5. The zero-order chi connectivity index (χ0) is 15.2. The van der Waals surface area contributed by atoms with Crippen molar-refractivity contribution in [1.29, 1.82) is 0 Å². The third-order valence-corrected chi connectivity index (χ3v) is 4.42. The van der Waals surface area contributed by atoms with Crippen molar-refractivity contribution in [3.05, 3.63) is 0 Å². The molecule has 10 nitrogen and oxygen atoms in total. The van der Waals surface area contributed by atoms with Crippen LogP contribution in [0.15, 0.2) is 4.34 Å². The third kappa shape index (κ3) is 6.03. The van der Waals surface area contributed by atoms with Crippen LogP contribution < -0.4 is 9.44 Å². The second-order valence-electron chi connectivity index (χ2n) is 2.98. The molecule has 0 aromatic carbocycles. The standard InChI is InChI=1S/C7H10N4O6S3/c1-2-17-6(14)11-20(15,16)10-5-8-9-7(19-5)18-3-4(12)13/h2-3H2,1H3,(H,8,10)(H,11,14)(H,12,13). The highest BCUT2D eigenvalue weighted by atomic mass is 32.2. The zero-order valence-corrected chi connectivity index (χ0v) is 12.5. The van der Waals surface area contributed by atoms with Crippen molar-refractivity contribution in [3.8, 4) is 0 Å². The Morgan fingerprint density at radius 1 is 1.45 bits per heavy atom. The van der Waals surface area contributed by atoms with Crippen molar-refractivity contribution in [2.24, 2.45) is 0 Å². The van der Waals surface area contributed by atoms with Gasteiger partial charge in [-0.15, -0.1) is 10.2 Å². The van der Waals surface area contributed by atoms with Gasteiger partial charge in [0.1, 0.15) is 0 Å². The number of hydrogen-bond acceptors (Lipinski definition) is 9. The Balaban J connectivity index is 2.59. The van der Waals surface area contributed by atoms with Crippen molar-refractivity contribution in [3.63, 3.8) is 0 Å². The highest BCUT2D eigenvalue weighted by Crippen LogP contribution is 2.25. The van der Waals surface area contributed by atoms with E-state index < -0.39 is 22.3 Å². The molecule has 112 valence electrons. The van der Waals surface area contributed by atoms with E-state index in [1.165, 1.54) is 6.92 Å². The molecule has 0 unspecified atom stereocenters. The second kappa shape index (κ2) is 7.25. The van der Waals surface area contributed by atoms with Gasteiger partial charge in [-0.25, -0.2) is 14.2 Å². The van der Waals surface area contributed by atoms with E-state index in [9.17, 15) is 18.0 Å². The van der Waals surface area contributed by atoms with Crippen LogP contribution in [0.25, 0.3) is 0 Å². The number of nitrogens with zero attached hydrogens (tertiary/aromatic N) is 2. The van der Waals surface area contributed by atoms with Gasteiger partial charge in [0, 0.05) is 0 Å². The van der Waals surface area contributed by atoms with E-state index in [1.54, 1.807) is 4.72 Å². The molecule has 0 atom stereocenters. The Labute approximate surface area is 122 Å². The number of carbonyl (C=O) groups is 2. The molecule has 0 aliphatic carbocycles. The molecule has 1 aromatic rings. The van der Waals surface area contributed by atoms with Crippen molar-refractivity contribution in [2.75, 3.05) is 17.1 Å². The Morgan fingerprint density at radius 2 is 2.15 bits per heavy atom. The number of hydrogen-bond donors (Lipinski definition) is 3. The maximum atomic E-state index is 11.5. The Bertz CT molecular complexity index is 585. The third-order valence-electron chi connectivity index (χ3n) is 1.44. The smallest absolute Gasteiger partial charge is 0.422 e. The number of carbonyl (C=O) groups excluding carboxylic acids is 1. The van der Waals surface area contributed by atoms with Gasteiger partial charge < -0.3 is 9.84 Å². The fraction of sp³-hybridized carbons (Fsp3) is 0.429. The molecule has 0 saturated heterocycles. The maximum absolute atomic E-state index is 11.5. The van der Waals surface area contributed by atoms with Crippen LogP contribution in [0.5, 0.6) is 0 Å². The average Bonchev–Trinajstić information content (AvgIpc) is 2.72. The molecule has 1 rings (SSSR count). The largest absolute Gasteiger partial charge is 0.481 e. The molecule has 0 aliphatic heterocycles. The maximum Gasteiger partial charge on any atom is 0.422 e. The van der Waals surface area contributed by atoms with Crippen molar-refractivity contribution in [2.45, 2.75) is 11.3 Å². The topological polar surface area (TPSA) is 148 Å². The van der Waals surface area contributed by atoms with Crippen LogP contribution in [0.3, 0.4) is 0 Å². The number of aromatic nitrogens is 2. The first-order valence-electron chi connectivity index (χ1n) is 4.98. The van der Waals surface area contributed by atoms with Gasteiger partial charge in [0.25, 0.3) is 0 Å². The minimum atomic E-state index is -4.17. The van der Waals surface area contributed by atoms with E-state index in [1.807, 2.05) is 4.72 Å². The van der Waals surface area contributed by atoms with Gasteiger partial charge in [-0.2, -0.15) is 8.42 Å². The van der Waals surface area contributed by atoms with E-state index in [0.717, 1.165) is 23.1 Å². The predicted octanol–water partition coefficient (Wildman–Crippen LogP) is 0.118. The highest BCUT2D eigenvalue weighted by Gasteiger charge is 2.17. The van der Waals surface area contributed by atoms with E-state index in [-0.39, 0.29) is 21.8 Å². The molecule has 0 bridgehead atoms. The molecule has 3 N–H and O–H groups in total. The fourth-order valence-electron chi connectivity index (χ4n) is 0.844. The molecule has 0 saturated carbocycles. The van der Waals surface area contributed by atoms with Gasteiger partial charge in [0.05, 0.1) is 12.4 Å². The number of ether oxygens (including phenoxy) is 1. The Hall–Kier alpha value is -1.60. The lowest BCUT2D eigenvalue weighted by Crippen LogP contribution is -2.35. The number of carboxylic acids is 1. The number of anilines is 1. The van der Waals surface area contributed by atoms with Crippen LogP contribution in [-0.2, 0) is 19.7 Å². The summed E-state index contributed by atoms with van der Waals surface area (Å²) in [6, 6.07) is 0. The van der Waals surface area contributed by atoms with Gasteiger partial charge >= 0.3 is 22.3 Å². The Kier molecular flexibility index (Phi) is 5.97. The number of amides is 1. The summed E-state index contributed by atoms with van der Waals surface area (Å²) in [7, 11) is -4.17. The normalized spacial score (nSPS) is 10.8. The summed E-state index contributed by atoms with van der Waals surface area (Å²) in [4.78, 5) is 21.3. The van der Waals surface area contributed by atoms with Crippen LogP contribution in [0.4, 0.5) is 9.93 Å². The summed E-state index contributed by atoms with van der Waals surface area (Å²) < 4.78 is 31.2. The Morgan fingerprint density at radius 3 is 2.75 bits per heavy atom. The molecule has 0 fully saturated rings. The quantitative estimate of drug-likeness (QED) is 0.587. The van der Waals surface area contributed by atoms with Crippen molar-refractivity contribution < 1.29 is 27.9 Å².